The monoisotopic (exact) mass is 232 g/mol. The topological polar surface area (TPSA) is 86.3 Å². The SMILES string of the molecule is N#Cc1ccc(OCCOCCO)cc1C#N. The Bertz CT molecular complexity index is 446. The van der Waals surface area contributed by atoms with E-state index in [0.717, 1.165) is 0 Å². The molecule has 0 saturated carbocycles. The molecular formula is C12H12N2O3. The van der Waals surface area contributed by atoms with Gasteiger partial charge in [-0.3, -0.25) is 0 Å². The van der Waals surface area contributed by atoms with Crippen molar-refractivity contribution in [2.45, 2.75) is 0 Å². The molecular weight excluding hydrogens is 220 g/mol. The molecule has 1 rings (SSSR count). The van der Waals surface area contributed by atoms with Crippen molar-refractivity contribution in [3.8, 4) is 17.9 Å². The van der Waals surface area contributed by atoms with E-state index in [1.54, 1.807) is 12.1 Å². The standard InChI is InChI=1S/C12H12N2O3/c13-8-10-1-2-12(7-11(10)9-14)17-6-5-16-4-3-15/h1-2,7,15H,3-6H2. The van der Waals surface area contributed by atoms with E-state index in [4.69, 9.17) is 25.1 Å². The lowest BCUT2D eigenvalue weighted by atomic mass is 10.1. The second kappa shape index (κ2) is 7.24. The molecule has 0 atom stereocenters. The average molecular weight is 232 g/mol. The molecule has 17 heavy (non-hydrogen) atoms. The van der Waals surface area contributed by atoms with Crippen LogP contribution in [0.3, 0.4) is 0 Å². The fraction of sp³-hybridized carbons (Fsp3) is 0.333. The Hall–Kier alpha value is -2.08. The quantitative estimate of drug-likeness (QED) is 0.734. The highest BCUT2D eigenvalue weighted by Gasteiger charge is 2.03. The molecule has 0 heterocycles. The summed E-state index contributed by atoms with van der Waals surface area (Å²) in [5, 5.41) is 26.0. The van der Waals surface area contributed by atoms with Gasteiger partial charge in [0.05, 0.1) is 30.9 Å². The van der Waals surface area contributed by atoms with E-state index in [-0.39, 0.29) is 13.2 Å². The van der Waals surface area contributed by atoms with Crippen LogP contribution in [0, 0.1) is 22.7 Å². The van der Waals surface area contributed by atoms with Gasteiger partial charge in [0.2, 0.25) is 0 Å². The summed E-state index contributed by atoms with van der Waals surface area (Å²) in [7, 11) is 0. The summed E-state index contributed by atoms with van der Waals surface area (Å²) in [6, 6.07) is 8.55. The molecule has 5 nitrogen and oxygen atoms in total. The molecule has 0 radical (unpaired) electrons. The molecule has 1 aromatic rings. The number of rotatable bonds is 6. The van der Waals surface area contributed by atoms with E-state index in [9.17, 15) is 0 Å². The molecule has 0 unspecified atom stereocenters. The predicted molar refractivity (Wildman–Crippen MR) is 59.3 cm³/mol. The summed E-state index contributed by atoms with van der Waals surface area (Å²) in [4.78, 5) is 0. The summed E-state index contributed by atoms with van der Waals surface area (Å²) < 4.78 is 10.3. The van der Waals surface area contributed by atoms with E-state index in [1.807, 2.05) is 12.1 Å². The van der Waals surface area contributed by atoms with E-state index in [1.165, 1.54) is 6.07 Å². The molecule has 0 saturated heterocycles. The van der Waals surface area contributed by atoms with Crippen molar-refractivity contribution < 1.29 is 14.6 Å². The minimum atomic E-state index is -0.0184. The van der Waals surface area contributed by atoms with E-state index < -0.39 is 0 Å². The lowest BCUT2D eigenvalue weighted by molar-refractivity contribution is 0.0705. The molecule has 1 N–H and O–H groups in total. The van der Waals surface area contributed by atoms with Crippen LogP contribution in [0.5, 0.6) is 5.75 Å². The number of hydrogen-bond donors (Lipinski definition) is 1. The molecule has 0 aliphatic carbocycles. The molecule has 0 amide bonds. The van der Waals surface area contributed by atoms with E-state index >= 15 is 0 Å². The van der Waals surface area contributed by atoms with Crippen LogP contribution >= 0.6 is 0 Å². The Morgan fingerprint density at radius 3 is 2.47 bits per heavy atom. The summed E-state index contributed by atoms with van der Waals surface area (Å²) in [6.07, 6.45) is 0. The first-order chi connectivity index (χ1) is 8.31. The van der Waals surface area contributed by atoms with Crippen molar-refractivity contribution in [1.29, 1.82) is 10.5 Å². The molecule has 0 fully saturated rings. The Morgan fingerprint density at radius 2 is 1.82 bits per heavy atom. The maximum absolute atomic E-state index is 8.81. The van der Waals surface area contributed by atoms with Crippen molar-refractivity contribution in [1.82, 2.24) is 0 Å². The molecule has 5 heteroatoms. The third-order valence-corrected chi connectivity index (χ3v) is 1.96. The highest BCUT2D eigenvalue weighted by Crippen LogP contribution is 2.16. The van der Waals surface area contributed by atoms with Gasteiger partial charge in [-0.05, 0) is 18.2 Å². The number of ether oxygens (including phenoxy) is 2. The highest BCUT2D eigenvalue weighted by atomic mass is 16.5. The molecule has 0 spiro atoms. The second-order valence-corrected chi connectivity index (χ2v) is 3.12. The van der Waals surface area contributed by atoms with Gasteiger partial charge in [-0.15, -0.1) is 0 Å². The van der Waals surface area contributed by atoms with E-state index in [2.05, 4.69) is 0 Å². The normalized spacial score (nSPS) is 9.35. The Morgan fingerprint density at radius 1 is 1.06 bits per heavy atom. The van der Waals surface area contributed by atoms with Gasteiger partial charge in [0.1, 0.15) is 24.5 Å². The van der Waals surface area contributed by atoms with Gasteiger partial charge in [-0.2, -0.15) is 10.5 Å². The molecule has 0 bridgehead atoms. The van der Waals surface area contributed by atoms with Crippen LogP contribution in [0.2, 0.25) is 0 Å². The van der Waals surface area contributed by atoms with Crippen LogP contribution in [0.1, 0.15) is 11.1 Å². The minimum absolute atomic E-state index is 0.0184. The van der Waals surface area contributed by atoms with Gasteiger partial charge in [-0.1, -0.05) is 0 Å². The maximum Gasteiger partial charge on any atom is 0.120 e. The van der Waals surface area contributed by atoms with Crippen LogP contribution in [-0.2, 0) is 4.74 Å². The average Bonchev–Trinajstić information content (AvgIpc) is 2.38. The van der Waals surface area contributed by atoms with Gasteiger partial charge in [-0.25, -0.2) is 0 Å². The summed E-state index contributed by atoms with van der Waals surface area (Å²) in [5.41, 5.74) is 0.623. The third-order valence-electron chi connectivity index (χ3n) is 1.96. The first kappa shape index (κ1) is 13.0. The first-order valence-corrected chi connectivity index (χ1v) is 5.07. The first-order valence-electron chi connectivity index (χ1n) is 5.07. The minimum Gasteiger partial charge on any atom is -0.491 e. The van der Waals surface area contributed by atoms with Gasteiger partial charge < -0.3 is 14.6 Å². The van der Waals surface area contributed by atoms with Crippen molar-refractivity contribution >= 4 is 0 Å². The van der Waals surface area contributed by atoms with Gasteiger partial charge in [0.25, 0.3) is 0 Å². The summed E-state index contributed by atoms with van der Waals surface area (Å²) in [6.45, 7) is 0.953. The van der Waals surface area contributed by atoms with Crippen molar-refractivity contribution in [2.75, 3.05) is 26.4 Å². The largest absolute Gasteiger partial charge is 0.491 e. The third kappa shape index (κ3) is 4.12. The van der Waals surface area contributed by atoms with Crippen molar-refractivity contribution in [2.24, 2.45) is 0 Å². The van der Waals surface area contributed by atoms with Crippen molar-refractivity contribution in [3.63, 3.8) is 0 Å². The smallest absolute Gasteiger partial charge is 0.120 e. The number of nitrogens with zero attached hydrogens (tertiary/aromatic N) is 2. The predicted octanol–water partition coefficient (Wildman–Crippen LogP) is 0.818. The number of aliphatic hydroxyl groups is 1. The fourth-order valence-electron chi connectivity index (χ4n) is 1.19. The van der Waals surface area contributed by atoms with Crippen LogP contribution in [0.15, 0.2) is 18.2 Å². The van der Waals surface area contributed by atoms with Crippen LogP contribution in [-0.4, -0.2) is 31.5 Å². The zero-order valence-corrected chi connectivity index (χ0v) is 9.22. The second-order valence-electron chi connectivity index (χ2n) is 3.12. The summed E-state index contributed by atoms with van der Waals surface area (Å²) >= 11 is 0. The number of nitriles is 2. The fourth-order valence-corrected chi connectivity index (χ4v) is 1.19. The maximum atomic E-state index is 8.81. The Balaban J connectivity index is 2.50. The number of hydrogen-bond acceptors (Lipinski definition) is 5. The van der Waals surface area contributed by atoms with Crippen LogP contribution in [0.4, 0.5) is 0 Å². The number of benzene rings is 1. The Labute approximate surface area is 99.4 Å². The molecule has 0 aromatic heterocycles. The highest BCUT2D eigenvalue weighted by molar-refractivity contribution is 5.49. The van der Waals surface area contributed by atoms with E-state index in [0.29, 0.717) is 30.1 Å². The van der Waals surface area contributed by atoms with Crippen LogP contribution < -0.4 is 4.74 Å². The lowest BCUT2D eigenvalue weighted by Crippen LogP contribution is -2.09. The van der Waals surface area contributed by atoms with Gasteiger partial charge >= 0.3 is 0 Å². The van der Waals surface area contributed by atoms with Gasteiger partial charge in [0.15, 0.2) is 0 Å². The molecule has 0 aliphatic rings. The zero-order valence-electron chi connectivity index (χ0n) is 9.22. The van der Waals surface area contributed by atoms with Gasteiger partial charge in [0, 0.05) is 0 Å². The molecule has 1 aromatic carbocycles. The summed E-state index contributed by atoms with van der Waals surface area (Å²) in [5.74, 6) is 0.521. The number of aliphatic hydroxyl groups excluding tert-OH is 1. The lowest BCUT2D eigenvalue weighted by Gasteiger charge is -2.07. The Kier molecular flexibility index (Phi) is 5.53. The van der Waals surface area contributed by atoms with Crippen molar-refractivity contribution in [3.05, 3.63) is 29.3 Å². The molecule has 0 aliphatic heterocycles. The van der Waals surface area contributed by atoms with Crippen LogP contribution in [0.25, 0.3) is 0 Å². The zero-order chi connectivity index (χ0) is 12.5. The molecule has 88 valence electrons.